The number of ether oxygens (including phenoxy) is 1. The van der Waals surface area contributed by atoms with Crippen molar-refractivity contribution in [2.45, 2.75) is 25.3 Å². The van der Waals surface area contributed by atoms with Crippen molar-refractivity contribution in [2.75, 3.05) is 39.9 Å². The second-order valence-electron chi connectivity index (χ2n) is 6.77. The van der Waals surface area contributed by atoms with E-state index >= 15 is 0 Å². The molecule has 2 saturated heterocycles. The zero-order chi connectivity index (χ0) is 17.1. The van der Waals surface area contributed by atoms with Crippen LogP contribution in [-0.4, -0.2) is 61.6 Å². The van der Waals surface area contributed by atoms with Crippen LogP contribution in [-0.2, 0) is 4.74 Å². The number of piperidine rings is 1. The molecule has 24 heavy (non-hydrogen) atoms. The van der Waals surface area contributed by atoms with Crippen LogP contribution in [0.3, 0.4) is 0 Å². The quantitative estimate of drug-likeness (QED) is 0.846. The van der Waals surface area contributed by atoms with Gasteiger partial charge < -0.3 is 14.5 Å². The Morgan fingerprint density at radius 2 is 1.92 bits per heavy atom. The van der Waals surface area contributed by atoms with Crippen LogP contribution in [0.4, 0.5) is 8.78 Å². The van der Waals surface area contributed by atoms with Gasteiger partial charge >= 0.3 is 0 Å². The first-order valence-corrected chi connectivity index (χ1v) is 8.57. The highest BCUT2D eigenvalue weighted by molar-refractivity contribution is 5.94. The predicted octanol–water partition coefficient (Wildman–Crippen LogP) is 2.54. The van der Waals surface area contributed by atoms with E-state index in [0.29, 0.717) is 5.92 Å². The summed E-state index contributed by atoms with van der Waals surface area (Å²) in [5.74, 6) is -1.57. The summed E-state index contributed by atoms with van der Waals surface area (Å²) in [7, 11) is 1.64. The van der Waals surface area contributed by atoms with Crippen LogP contribution in [0.1, 0.15) is 29.6 Å². The normalized spacial score (nSPS) is 22.7. The third-order valence-electron chi connectivity index (χ3n) is 5.14. The standard InChI is InChI=1S/C18H24F2N2O2/c1-21(18(23)17-15(19)3-2-4-16(17)20)14-5-8-22(9-6-14)11-13-7-10-24-12-13/h2-4,13-14H,5-12H2,1H3. The van der Waals surface area contributed by atoms with Gasteiger partial charge in [-0.25, -0.2) is 8.78 Å². The Hall–Kier alpha value is -1.53. The van der Waals surface area contributed by atoms with Gasteiger partial charge in [-0.1, -0.05) is 6.07 Å². The van der Waals surface area contributed by atoms with E-state index in [1.165, 1.54) is 11.0 Å². The van der Waals surface area contributed by atoms with Crippen molar-refractivity contribution in [3.63, 3.8) is 0 Å². The van der Waals surface area contributed by atoms with Crippen LogP contribution in [0.2, 0.25) is 0 Å². The fourth-order valence-corrected chi connectivity index (χ4v) is 3.63. The molecule has 0 spiro atoms. The molecule has 1 atom stereocenters. The number of hydrogen-bond donors (Lipinski definition) is 0. The molecule has 2 aliphatic heterocycles. The lowest BCUT2D eigenvalue weighted by Gasteiger charge is -2.37. The molecular formula is C18H24F2N2O2. The van der Waals surface area contributed by atoms with Gasteiger partial charge in [0.2, 0.25) is 0 Å². The molecule has 0 bridgehead atoms. The van der Waals surface area contributed by atoms with Crippen molar-refractivity contribution < 1.29 is 18.3 Å². The average molecular weight is 338 g/mol. The maximum atomic E-state index is 13.8. The molecule has 2 aliphatic rings. The zero-order valence-corrected chi connectivity index (χ0v) is 14.0. The molecule has 2 fully saturated rings. The predicted molar refractivity (Wildman–Crippen MR) is 86.8 cm³/mol. The van der Waals surface area contributed by atoms with Gasteiger partial charge in [0.15, 0.2) is 0 Å². The lowest BCUT2D eigenvalue weighted by molar-refractivity contribution is 0.0616. The largest absolute Gasteiger partial charge is 0.381 e. The minimum atomic E-state index is -0.800. The Kier molecular flexibility index (Phi) is 5.46. The molecule has 132 valence electrons. The summed E-state index contributed by atoms with van der Waals surface area (Å²) < 4.78 is 33.0. The molecule has 4 nitrogen and oxygen atoms in total. The Balaban J connectivity index is 1.56. The monoisotopic (exact) mass is 338 g/mol. The smallest absolute Gasteiger partial charge is 0.259 e. The minimum Gasteiger partial charge on any atom is -0.381 e. The van der Waals surface area contributed by atoms with Gasteiger partial charge in [-0.05, 0) is 37.3 Å². The van der Waals surface area contributed by atoms with Gasteiger partial charge in [-0.15, -0.1) is 0 Å². The van der Waals surface area contributed by atoms with E-state index in [2.05, 4.69) is 4.90 Å². The van der Waals surface area contributed by atoms with Crippen molar-refractivity contribution >= 4 is 5.91 Å². The Morgan fingerprint density at radius 3 is 2.50 bits per heavy atom. The SMILES string of the molecule is CN(C(=O)c1c(F)cccc1F)C1CCN(CC2CCOC2)CC1. The van der Waals surface area contributed by atoms with Crippen LogP contribution in [0.15, 0.2) is 18.2 Å². The molecule has 0 aromatic heterocycles. The third kappa shape index (κ3) is 3.75. The molecule has 1 aromatic carbocycles. The van der Waals surface area contributed by atoms with Gasteiger partial charge in [0, 0.05) is 39.3 Å². The summed E-state index contributed by atoms with van der Waals surface area (Å²) in [5.41, 5.74) is -0.453. The van der Waals surface area contributed by atoms with E-state index in [-0.39, 0.29) is 6.04 Å². The highest BCUT2D eigenvalue weighted by Crippen LogP contribution is 2.22. The molecular weight excluding hydrogens is 314 g/mol. The lowest BCUT2D eigenvalue weighted by Crippen LogP contribution is -2.47. The third-order valence-corrected chi connectivity index (χ3v) is 5.14. The number of carbonyl (C=O) groups is 1. The first-order chi connectivity index (χ1) is 11.6. The highest BCUT2D eigenvalue weighted by atomic mass is 19.1. The highest BCUT2D eigenvalue weighted by Gasteiger charge is 2.30. The molecule has 1 amide bonds. The van der Waals surface area contributed by atoms with Crippen molar-refractivity contribution in [3.8, 4) is 0 Å². The molecule has 0 saturated carbocycles. The number of halogens is 2. The summed E-state index contributed by atoms with van der Waals surface area (Å²) in [6.07, 6.45) is 2.77. The van der Waals surface area contributed by atoms with E-state index in [0.717, 1.165) is 64.2 Å². The van der Waals surface area contributed by atoms with Crippen LogP contribution in [0, 0.1) is 17.6 Å². The first kappa shape index (κ1) is 17.3. The summed E-state index contributed by atoms with van der Waals surface area (Å²) in [6.45, 7) is 4.53. The number of carbonyl (C=O) groups excluding carboxylic acids is 1. The Bertz CT molecular complexity index is 562. The molecule has 0 N–H and O–H groups in total. The van der Waals surface area contributed by atoms with E-state index in [4.69, 9.17) is 4.74 Å². The average Bonchev–Trinajstić information content (AvgIpc) is 3.07. The van der Waals surface area contributed by atoms with Crippen molar-refractivity contribution in [3.05, 3.63) is 35.4 Å². The maximum Gasteiger partial charge on any atom is 0.259 e. The fraction of sp³-hybridized carbons (Fsp3) is 0.611. The maximum absolute atomic E-state index is 13.8. The van der Waals surface area contributed by atoms with Crippen LogP contribution in [0.5, 0.6) is 0 Å². The number of hydrogen-bond acceptors (Lipinski definition) is 3. The summed E-state index contributed by atoms with van der Waals surface area (Å²) in [6, 6.07) is 3.53. The van der Waals surface area contributed by atoms with Gasteiger partial charge in [0.1, 0.15) is 17.2 Å². The first-order valence-electron chi connectivity index (χ1n) is 8.57. The van der Waals surface area contributed by atoms with Crippen LogP contribution < -0.4 is 0 Å². The van der Waals surface area contributed by atoms with Gasteiger partial charge in [-0.3, -0.25) is 4.79 Å². The van der Waals surface area contributed by atoms with Crippen LogP contribution >= 0.6 is 0 Å². The summed E-state index contributed by atoms with van der Waals surface area (Å²) in [5, 5.41) is 0. The number of benzene rings is 1. The molecule has 2 heterocycles. The molecule has 1 aromatic rings. The number of nitrogens with zero attached hydrogens (tertiary/aromatic N) is 2. The fourth-order valence-electron chi connectivity index (χ4n) is 3.63. The van der Waals surface area contributed by atoms with Crippen molar-refractivity contribution in [1.29, 1.82) is 0 Å². The van der Waals surface area contributed by atoms with Gasteiger partial charge in [-0.2, -0.15) is 0 Å². The van der Waals surface area contributed by atoms with E-state index in [1.807, 2.05) is 0 Å². The van der Waals surface area contributed by atoms with Gasteiger partial charge in [0.05, 0.1) is 6.61 Å². The number of rotatable bonds is 4. The lowest BCUT2D eigenvalue weighted by atomic mass is 10.0. The molecule has 0 radical (unpaired) electrons. The molecule has 0 aliphatic carbocycles. The van der Waals surface area contributed by atoms with Crippen LogP contribution in [0.25, 0.3) is 0 Å². The zero-order valence-electron chi connectivity index (χ0n) is 14.0. The molecule has 3 rings (SSSR count). The Labute approximate surface area is 141 Å². The van der Waals surface area contributed by atoms with E-state index < -0.39 is 23.1 Å². The van der Waals surface area contributed by atoms with Crippen molar-refractivity contribution in [1.82, 2.24) is 9.80 Å². The topological polar surface area (TPSA) is 32.8 Å². The summed E-state index contributed by atoms with van der Waals surface area (Å²) >= 11 is 0. The number of amides is 1. The second-order valence-corrected chi connectivity index (χ2v) is 6.77. The second kappa shape index (κ2) is 7.57. The van der Waals surface area contributed by atoms with Gasteiger partial charge in [0.25, 0.3) is 5.91 Å². The molecule has 6 heteroatoms. The summed E-state index contributed by atoms with van der Waals surface area (Å²) in [4.78, 5) is 16.4. The molecule has 1 unspecified atom stereocenters. The van der Waals surface area contributed by atoms with Crippen molar-refractivity contribution in [2.24, 2.45) is 5.92 Å². The Morgan fingerprint density at radius 1 is 1.25 bits per heavy atom. The van der Waals surface area contributed by atoms with E-state index in [9.17, 15) is 13.6 Å². The minimum absolute atomic E-state index is 0.0209. The van der Waals surface area contributed by atoms with E-state index in [1.54, 1.807) is 7.05 Å². The number of likely N-dealkylation sites (tertiary alicyclic amines) is 1.